The molecule has 3 rings (SSSR count). The van der Waals surface area contributed by atoms with Crippen LogP contribution in [0.25, 0.3) is 0 Å². The first-order chi connectivity index (χ1) is 12.5. The van der Waals surface area contributed by atoms with Crippen LogP contribution in [-0.4, -0.2) is 15.7 Å². The summed E-state index contributed by atoms with van der Waals surface area (Å²) in [5.74, 6) is -0.133. The van der Waals surface area contributed by atoms with E-state index in [0.29, 0.717) is 17.1 Å². The van der Waals surface area contributed by atoms with Crippen LogP contribution in [0, 0.1) is 13.8 Å². The Bertz CT molecular complexity index is 918. The Hall–Kier alpha value is -2.59. The minimum Gasteiger partial charge on any atom is -0.345 e. The van der Waals surface area contributed by atoms with Crippen LogP contribution in [0.1, 0.15) is 45.8 Å². The van der Waals surface area contributed by atoms with E-state index in [2.05, 4.69) is 22.5 Å². The van der Waals surface area contributed by atoms with Crippen molar-refractivity contribution in [1.82, 2.24) is 15.1 Å². The molecule has 0 aliphatic heterocycles. The van der Waals surface area contributed by atoms with Crippen LogP contribution in [0.2, 0.25) is 5.02 Å². The molecular formula is C21H22ClN3O. The number of halogens is 1. The topological polar surface area (TPSA) is 46.9 Å². The molecule has 2 aromatic carbocycles. The minimum absolute atomic E-state index is 0.133. The molecule has 0 aliphatic rings. The molecule has 1 aromatic heterocycles. The fraction of sp³-hybridized carbons (Fsp3) is 0.238. The van der Waals surface area contributed by atoms with Crippen molar-refractivity contribution in [2.75, 3.05) is 0 Å². The largest absolute Gasteiger partial charge is 0.345 e. The van der Waals surface area contributed by atoms with Gasteiger partial charge in [-0.15, -0.1) is 0 Å². The van der Waals surface area contributed by atoms with Crippen molar-refractivity contribution in [3.05, 3.63) is 87.7 Å². The summed E-state index contributed by atoms with van der Waals surface area (Å²) in [6.45, 7) is 6.36. The van der Waals surface area contributed by atoms with Crippen LogP contribution >= 0.6 is 11.6 Å². The molecule has 0 spiro atoms. The summed E-state index contributed by atoms with van der Waals surface area (Å²) in [5, 5.41) is 8.24. The third-order valence-corrected chi connectivity index (χ3v) is 4.85. The van der Waals surface area contributed by atoms with E-state index in [0.717, 1.165) is 22.5 Å². The molecule has 26 heavy (non-hydrogen) atoms. The van der Waals surface area contributed by atoms with Crippen LogP contribution in [0.15, 0.2) is 54.6 Å². The number of carbonyl (C=O) groups is 1. The van der Waals surface area contributed by atoms with E-state index in [1.165, 1.54) is 0 Å². The van der Waals surface area contributed by atoms with Gasteiger partial charge in [0.15, 0.2) is 0 Å². The Labute approximate surface area is 158 Å². The fourth-order valence-electron chi connectivity index (χ4n) is 3.11. The van der Waals surface area contributed by atoms with Gasteiger partial charge in [-0.3, -0.25) is 9.48 Å². The van der Waals surface area contributed by atoms with Crippen molar-refractivity contribution in [1.29, 1.82) is 0 Å². The molecule has 0 saturated carbocycles. The Morgan fingerprint density at radius 2 is 1.77 bits per heavy atom. The first kappa shape index (κ1) is 18.2. The molecule has 0 radical (unpaired) electrons. The van der Waals surface area contributed by atoms with Gasteiger partial charge in [-0.25, -0.2) is 0 Å². The second kappa shape index (κ2) is 7.75. The Kier molecular flexibility index (Phi) is 5.43. The summed E-state index contributed by atoms with van der Waals surface area (Å²) in [7, 11) is 0. The molecule has 0 bridgehead atoms. The third-order valence-electron chi connectivity index (χ3n) is 4.50. The average Bonchev–Trinajstić information content (AvgIpc) is 2.89. The van der Waals surface area contributed by atoms with E-state index in [-0.39, 0.29) is 11.9 Å². The van der Waals surface area contributed by atoms with Gasteiger partial charge in [0.25, 0.3) is 5.91 Å². The van der Waals surface area contributed by atoms with Gasteiger partial charge in [0.05, 0.1) is 23.8 Å². The highest BCUT2D eigenvalue weighted by molar-refractivity contribution is 6.31. The molecule has 134 valence electrons. The first-order valence-corrected chi connectivity index (χ1v) is 8.98. The van der Waals surface area contributed by atoms with Crippen molar-refractivity contribution in [3.8, 4) is 0 Å². The molecule has 1 unspecified atom stereocenters. The zero-order valence-electron chi connectivity index (χ0n) is 15.2. The number of nitrogens with zero attached hydrogens (tertiary/aromatic N) is 2. The summed E-state index contributed by atoms with van der Waals surface area (Å²) in [6.07, 6.45) is 0. The third kappa shape index (κ3) is 3.81. The number of hydrogen-bond acceptors (Lipinski definition) is 2. The lowest BCUT2D eigenvalue weighted by Gasteiger charge is -2.16. The van der Waals surface area contributed by atoms with Crippen molar-refractivity contribution in [2.45, 2.75) is 33.4 Å². The van der Waals surface area contributed by atoms with Crippen LogP contribution in [0.5, 0.6) is 0 Å². The van der Waals surface area contributed by atoms with Crippen molar-refractivity contribution in [3.63, 3.8) is 0 Å². The highest BCUT2D eigenvalue weighted by Crippen LogP contribution is 2.23. The van der Waals surface area contributed by atoms with Gasteiger partial charge in [-0.2, -0.15) is 5.10 Å². The predicted molar refractivity (Wildman–Crippen MR) is 105 cm³/mol. The van der Waals surface area contributed by atoms with Gasteiger partial charge in [-0.05, 0) is 38.0 Å². The number of aromatic nitrogens is 2. The lowest BCUT2D eigenvalue weighted by Crippen LogP contribution is -2.27. The molecule has 0 saturated heterocycles. The number of amides is 1. The Morgan fingerprint density at radius 1 is 1.12 bits per heavy atom. The number of aryl methyl sites for hydroxylation is 1. The smallest absolute Gasteiger partial charge is 0.255 e. The van der Waals surface area contributed by atoms with Crippen molar-refractivity contribution in [2.24, 2.45) is 0 Å². The molecule has 0 aliphatic carbocycles. The van der Waals surface area contributed by atoms with E-state index in [9.17, 15) is 4.79 Å². The van der Waals surface area contributed by atoms with Crippen LogP contribution in [-0.2, 0) is 6.54 Å². The summed E-state index contributed by atoms with van der Waals surface area (Å²) in [4.78, 5) is 12.8. The maximum Gasteiger partial charge on any atom is 0.255 e. The zero-order valence-corrected chi connectivity index (χ0v) is 15.9. The van der Waals surface area contributed by atoms with E-state index in [1.807, 2.05) is 67.9 Å². The monoisotopic (exact) mass is 367 g/mol. The highest BCUT2D eigenvalue weighted by atomic mass is 35.5. The molecule has 1 N–H and O–H groups in total. The van der Waals surface area contributed by atoms with E-state index >= 15 is 0 Å². The number of hydrogen-bond donors (Lipinski definition) is 1. The molecule has 0 fully saturated rings. The molecule has 1 heterocycles. The molecule has 1 atom stereocenters. The van der Waals surface area contributed by atoms with E-state index < -0.39 is 0 Å². The predicted octanol–water partition coefficient (Wildman–Crippen LogP) is 4.69. The fourth-order valence-corrected chi connectivity index (χ4v) is 3.41. The molecular weight excluding hydrogens is 346 g/mol. The summed E-state index contributed by atoms with van der Waals surface area (Å²) in [5.41, 5.74) is 4.25. The van der Waals surface area contributed by atoms with Gasteiger partial charge < -0.3 is 5.32 Å². The number of benzene rings is 2. The summed E-state index contributed by atoms with van der Waals surface area (Å²) >= 11 is 6.24. The Morgan fingerprint density at radius 3 is 2.46 bits per heavy atom. The van der Waals surface area contributed by atoms with Crippen LogP contribution < -0.4 is 5.32 Å². The van der Waals surface area contributed by atoms with Crippen molar-refractivity contribution >= 4 is 17.5 Å². The number of rotatable bonds is 5. The van der Waals surface area contributed by atoms with E-state index in [4.69, 9.17) is 11.6 Å². The average molecular weight is 368 g/mol. The summed E-state index contributed by atoms with van der Waals surface area (Å²) in [6, 6.07) is 17.4. The van der Waals surface area contributed by atoms with Crippen LogP contribution in [0.3, 0.4) is 0 Å². The first-order valence-electron chi connectivity index (χ1n) is 8.60. The lowest BCUT2D eigenvalue weighted by atomic mass is 10.1. The molecule has 5 heteroatoms. The van der Waals surface area contributed by atoms with Gasteiger partial charge in [0.2, 0.25) is 0 Å². The van der Waals surface area contributed by atoms with Gasteiger partial charge in [0.1, 0.15) is 0 Å². The molecule has 4 nitrogen and oxygen atoms in total. The second-order valence-electron chi connectivity index (χ2n) is 6.41. The maximum absolute atomic E-state index is 12.8. The van der Waals surface area contributed by atoms with Crippen molar-refractivity contribution < 1.29 is 4.79 Å². The number of carbonyl (C=O) groups excluding carboxylic acids is 1. The zero-order chi connectivity index (χ0) is 18.7. The van der Waals surface area contributed by atoms with Crippen LogP contribution in [0.4, 0.5) is 0 Å². The SMILES string of the molecule is Cc1nn(Cc2ccccc2)c(C)c1C(=O)NC(C)c1ccccc1Cl. The maximum atomic E-state index is 12.8. The number of nitrogens with one attached hydrogen (secondary N) is 1. The second-order valence-corrected chi connectivity index (χ2v) is 6.81. The van der Waals surface area contributed by atoms with Gasteiger partial charge in [0, 0.05) is 10.7 Å². The normalized spacial score (nSPS) is 12.0. The van der Waals surface area contributed by atoms with Gasteiger partial charge in [-0.1, -0.05) is 60.1 Å². The van der Waals surface area contributed by atoms with E-state index in [1.54, 1.807) is 0 Å². The molecule has 3 aromatic rings. The highest BCUT2D eigenvalue weighted by Gasteiger charge is 2.21. The minimum atomic E-state index is -0.188. The van der Waals surface area contributed by atoms with Gasteiger partial charge >= 0.3 is 0 Å². The molecule has 1 amide bonds. The Balaban J connectivity index is 1.80. The standard InChI is InChI=1S/C21H22ClN3O/c1-14(18-11-7-8-12-19(18)22)23-21(26)20-15(2)24-25(16(20)3)13-17-9-5-4-6-10-17/h4-12,14H,13H2,1-3H3,(H,23,26). The summed E-state index contributed by atoms with van der Waals surface area (Å²) < 4.78 is 1.87. The quantitative estimate of drug-likeness (QED) is 0.710. The lowest BCUT2D eigenvalue weighted by molar-refractivity contribution is 0.0938.